The minimum atomic E-state index is -0.940. The molecule has 0 aromatic heterocycles. The van der Waals surface area contributed by atoms with Crippen molar-refractivity contribution in [3.8, 4) is 0 Å². The number of rotatable bonds is 4. The predicted molar refractivity (Wildman–Crippen MR) is 113 cm³/mol. The van der Waals surface area contributed by atoms with Crippen molar-refractivity contribution < 1.29 is 14.3 Å². The third-order valence-corrected chi connectivity index (χ3v) is 5.22. The first-order chi connectivity index (χ1) is 13.3. The SMILES string of the molecule is COC(=O)C(=O)C1=C(C)N(c2cccc(C)c2)C(=S)N[C@@H]1c1ccccc1Cl. The van der Waals surface area contributed by atoms with E-state index in [0.717, 1.165) is 11.3 Å². The Kier molecular flexibility index (Phi) is 5.82. The summed E-state index contributed by atoms with van der Waals surface area (Å²) in [5.41, 5.74) is 3.29. The topological polar surface area (TPSA) is 58.6 Å². The Labute approximate surface area is 173 Å². The summed E-state index contributed by atoms with van der Waals surface area (Å²) < 4.78 is 4.68. The summed E-state index contributed by atoms with van der Waals surface area (Å²) in [6.07, 6.45) is 0. The average molecular weight is 415 g/mol. The number of carbonyl (C=O) groups is 2. The molecular weight excluding hydrogens is 396 g/mol. The largest absolute Gasteiger partial charge is 0.463 e. The van der Waals surface area contributed by atoms with Crippen molar-refractivity contribution in [1.29, 1.82) is 0 Å². The number of ether oxygens (including phenoxy) is 1. The van der Waals surface area contributed by atoms with Crippen LogP contribution in [0.15, 0.2) is 59.8 Å². The van der Waals surface area contributed by atoms with Crippen molar-refractivity contribution in [3.05, 3.63) is 76.0 Å². The van der Waals surface area contributed by atoms with Gasteiger partial charge in [-0.25, -0.2) is 4.79 Å². The van der Waals surface area contributed by atoms with Crippen LogP contribution < -0.4 is 10.2 Å². The zero-order chi connectivity index (χ0) is 20.4. The monoisotopic (exact) mass is 414 g/mol. The normalized spacial score (nSPS) is 16.6. The van der Waals surface area contributed by atoms with Crippen LogP contribution in [0.5, 0.6) is 0 Å². The summed E-state index contributed by atoms with van der Waals surface area (Å²) in [7, 11) is 1.18. The van der Waals surface area contributed by atoms with E-state index in [0.29, 0.717) is 21.4 Å². The molecule has 2 aromatic rings. The van der Waals surface area contributed by atoms with Crippen LogP contribution >= 0.6 is 23.8 Å². The van der Waals surface area contributed by atoms with Gasteiger partial charge in [0.2, 0.25) is 0 Å². The maximum Gasteiger partial charge on any atom is 0.379 e. The van der Waals surface area contributed by atoms with Gasteiger partial charge in [0, 0.05) is 16.4 Å². The van der Waals surface area contributed by atoms with E-state index in [1.165, 1.54) is 7.11 Å². The number of halogens is 1. The highest BCUT2D eigenvalue weighted by Gasteiger charge is 2.38. The van der Waals surface area contributed by atoms with E-state index in [2.05, 4.69) is 10.1 Å². The standard InChI is InChI=1S/C21H19ClN2O3S/c1-12-7-6-8-14(11-12)24-13(2)17(19(25)20(26)27-3)18(23-21(24)28)15-9-4-5-10-16(15)22/h4-11,18H,1-3H3,(H,23,28)/t18-/m1/s1. The highest BCUT2D eigenvalue weighted by molar-refractivity contribution is 7.80. The molecule has 0 unspecified atom stereocenters. The van der Waals surface area contributed by atoms with Crippen LogP contribution in [0.25, 0.3) is 0 Å². The van der Waals surface area contributed by atoms with Gasteiger partial charge >= 0.3 is 5.97 Å². The Morgan fingerprint density at radius 1 is 1.14 bits per heavy atom. The van der Waals surface area contributed by atoms with Crippen molar-refractivity contribution in [2.24, 2.45) is 0 Å². The van der Waals surface area contributed by atoms with Gasteiger partial charge < -0.3 is 10.1 Å². The molecular formula is C21H19ClN2O3S. The minimum absolute atomic E-state index is 0.245. The van der Waals surface area contributed by atoms with Gasteiger partial charge in [0.25, 0.3) is 5.78 Å². The summed E-state index contributed by atoms with van der Waals surface area (Å²) in [5, 5.41) is 4.05. The second kappa shape index (κ2) is 8.12. The molecule has 0 amide bonds. The van der Waals surface area contributed by atoms with Crippen LogP contribution in [0, 0.1) is 6.92 Å². The smallest absolute Gasteiger partial charge is 0.379 e. The molecule has 0 bridgehead atoms. The third kappa shape index (κ3) is 3.66. The maximum atomic E-state index is 12.9. The minimum Gasteiger partial charge on any atom is -0.463 e. The molecule has 0 aliphatic carbocycles. The lowest BCUT2D eigenvalue weighted by Gasteiger charge is -2.38. The van der Waals surface area contributed by atoms with Crippen molar-refractivity contribution in [1.82, 2.24) is 5.32 Å². The molecule has 0 radical (unpaired) electrons. The van der Waals surface area contributed by atoms with Crippen LogP contribution in [0.1, 0.15) is 24.1 Å². The Balaban J connectivity index is 2.21. The number of ketones is 1. The van der Waals surface area contributed by atoms with E-state index in [-0.39, 0.29) is 5.57 Å². The summed E-state index contributed by atoms with van der Waals surface area (Å²) in [4.78, 5) is 26.7. The number of esters is 1. The number of methoxy groups -OCH3 is 1. The molecule has 0 saturated carbocycles. The zero-order valence-electron chi connectivity index (χ0n) is 15.7. The highest BCUT2D eigenvalue weighted by atomic mass is 35.5. The van der Waals surface area contributed by atoms with Gasteiger partial charge in [-0.3, -0.25) is 9.69 Å². The molecule has 1 aliphatic heterocycles. The van der Waals surface area contributed by atoms with Crippen molar-refractivity contribution in [2.45, 2.75) is 19.9 Å². The molecule has 28 heavy (non-hydrogen) atoms. The molecule has 3 rings (SSSR count). The second-order valence-electron chi connectivity index (χ2n) is 6.40. The number of hydrogen-bond acceptors (Lipinski definition) is 4. The fourth-order valence-electron chi connectivity index (χ4n) is 3.26. The fraction of sp³-hybridized carbons (Fsp3) is 0.190. The molecule has 144 valence electrons. The summed E-state index contributed by atoms with van der Waals surface area (Å²) in [6, 6.07) is 14.2. The average Bonchev–Trinajstić information content (AvgIpc) is 2.67. The first-order valence-electron chi connectivity index (χ1n) is 8.60. The molecule has 1 aliphatic rings. The lowest BCUT2D eigenvalue weighted by atomic mass is 9.91. The molecule has 1 N–H and O–H groups in total. The Morgan fingerprint density at radius 3 is 2.50 bits per heavy atom. The number of anilines is 1. The van der Waals surface area contributed by atoms with E-state index in [9.17, 15) is 9.59 Å². The quantitative estimate of drug-likeness (QED) is 0.461. The van der Waals surface area contributed by atoms with Gasteiger partial charge in [-0.2, -0.15) is 0 Å². The van der Waals surface area contributed by atoms with Gasteiger partial charge in [0.05, 0.1) is 18.7 Å². The van der Waals surface area contributed by atoms with E-state index < -0.39 is 17.8 Å². The second-order valence-corrected chi connectivity index (χ2v) is 7.19. The number of aryl methyl sites for hydroxylation is 1. The Morgan fingerprint density at radius 2 is 1.86 bits per heavy atom. The van der Waals surface area contributed by atoms with E-state index >= 15 is 0 Å². The Hall–Kier alpha value is -2.70. The molecule has 0 spiro atoms. The number of nitrogens with zero attached hydrogens (tertiary/aromatic N) is 1. The van der Waals surface area contributed by atoms with E-state index in [1.807, 2.05) is 37.3 Å². The van der Waals surface area contributed by atoms with Gasteiger partial charge in [-0.15, -0.1) is 0 Å². The van der Waals surface area contributed by atoms with Gasteiger partial charge in [-0.1, -0.05) is 41.9 Å². The van der Waals surface area contributed by atoms with E-state index in [4.69, 9.17) is 23.8 Å². The first-order valence-corrected chi connectivity index (χ1v) is 9.39. The molecule has 5 nitrogen and oxygen atoms in total. The number of allylic oxidation sites excluding steroid dienone is 1. The number of nitrogens with one attached hydrogen (secondary N) is 1. The molecule has 0 saturated heterocycles. The summed E-state index contributed by atoms with van der Waals surface area (Å²) >= 11 is 12.0. The molecule has 1 atom stereocenters. The van der Waals surface area contributed by atoms with Crippen LogP contribution in [-0.4, -0.2) is 24.0 Å². The van der Waals surface area contributed by atoms with Crippen molar-refractivity contribution in [3.63, 3.8) is 0 Å². The van der Waals surface area contributed by atoms with Crippen LogP contribution in [0.4, 0.5) is 5.69 Å². The highest BCUT2D eigenvalue weighted by Crippen LogP contribution is 2.36. The maximum absolute atomic E-state index is 12.9. The molecule has 7 heteroatoms. The van der Waals surface area contributed by atoms with Crippen molar-refractivity contribution >= 4 is 46.4 Å². The zero-order valence-corrected chi connectivity index (χ0v) is 17.2. The lowest BCUT2D eigenvalue weighted by Crippen LogP contribution is -2.48. The summed E-state index contributed by atoms with van der Waals surface area (Å²) in [5.74, 6) is -1.68. The number of carbonyl (C=O) groups excluding carboxylic acids is 2. The lowest BCUT2D eigenvalue weighted by molar-refractivity contribution is -0.150. The number of hydrogen-bond donors (Lipinski definition) is 1. The van der Waals surface area contributed by atoms with Crippen molar-refractivity contribution in [2.75, 3.05) is 12.0 Å². The molecule has 0 fully saturated rings. The third-order valence-electron chi connectivity index (χ3n) is 4.58. The van der Waals surface area contributed by atoms with Gasteiger partial charge in [-0.05, 0) is 55.4 Å². The van der Waals surface area contributed by atoms with E-state index in [1.54, 1.807) is 30.0 Å². The molecule has 1 heterocycles. The van der Waals surface area contributed by atoms with Gasteiger partial charge in [0.1, 0.15) is 0 Å². The predicted octanol–water partition coefficient (Wildman–Crippen LogP) is 4.10. The molecule has 2 aromatic carbocycles. The summed E-state index contributed by atoms with van der Waals surface area (Å²) in [6.45, 7) is 3.73. The fourth-order valence-corrected chi connectivity index (χ4v) is 3.87. The Bertz CT molecular complexity index is 1000. The van der Waals surface area contributed by atoms with Crippen LogP contribution in [0.2, 0.25) is 5.02 Å². The van der Waals surface area contributed by atoms with Crippen LogP contribution in [0.3, 0.4) is 0 Å². The number of thiocarbonyl (C=S) groups is 1. The number of benzene rings is 2. The van der Waals surface area contributed by atoms with Gasteiger partial charge in [0.15, 0.2) is 5.11 Å². The van der Waals surface area contributed by atoms with Crippen LogP contribution in [-0.2, 0) is 14.3 Å². The number of Topliss-reactive ketones (excluding diaryl/α,β-unsaturated/α-hetero) is 1. The first kappa shape index (κ1) is 20.0.